The Kier molecular flexibility index (Phi) is 5.70. The predicted molar refractivity (Wildman–Crippen MR) is 100 cm³/mol. The maximum absolute atomic E-state index is 12.0. The fourth-order valence-corrected chi connectivity index (χ4v) is 3.65. The van der Waals surface area contributed by atoms with Crippen molar-refractivity contribution in [3.05, 3.63) is 48.0 Å². The van der Waals surface area contributed by atoms with Crippen molar-refractivity contribution in [2.24, 2.45) is 0 Å². The number of methoxy groups -OCH3 is 1. The molecule has 0 atom stereocenters. The van der Waals surface area contributed by atoms with Crippen LogP contribution in [0, 0.1) is 0 Å². The van der Waals surface area contributed by atoms with Crippen molar-refractivity contribution in [2.45, 2.75) is 36.7 Å². The number of carbonyl (C=O) groups excluding carboxylic acids is 1. The highest BCUT2D eigenvalue weighted by Crippen LogP contribution is 2.31. The van der Waals surface area contributed by atoms with E-state index in [1.807, 2.05) is 0 Å². The topological polar surface area (TPSA) is 78.9 Å². The molecular formula is C20H22O6S. The second kappa shape index (κ2) is 8.00. The predicted octanol–water partition coefficient (Wildman–Crippen LogP) is 3.99. The molecule has 0 amide bonds. The quantitative estimate of drug-likeness (QED) is 0.694. The maximum Gasteiger partial charge on any atom is 0.338 e. The van der Waals surface area contributed by atoms with E-state index >= 15 is 0 Å². The normalized spacial score (nSPS) is 14.7. The van der Waals surface area contributed by atoms with Crippen LogP contribution in [0.15, 0.2) is 47.4 Å². The molecule has 0 aromatic heterocycles. The van der Waals surface area contributed by atoms with E-state index in [0.717, 1.165) is 31.9 Å². The third kappa shape index (κ3) is 5.01. The number of sulfone groups is 1. The fourth-order valence-electron chi connectivity index (χ4n) is 3.02. The van der Waals surface area contributed by atoms with E-state index < -0.39 is 15.8 Å². The van der Waals surface area contributed by atoms with Gasteiger partial charge in [0.2, 0.25) is 0 Å². The summed E-state index contributed by atoms with van der Waals surface area (Å²) >= 11 is 0. The summed E-state index contributed by atoms with van der Waals surface area (Å²) in [6.45, 7) is 0. The summed E-state index contributed by atoms with van der Waals surface area (Å²) in [5, 5.41) is 0. The van der Waals surface area contributed by atoms with Gasteiger partial charge in [0.05, 0.1) is 23.7 Å². The lowest BCUT2D eigenvalue weighted by atomic mass is 10.2. The van der Waals surface area contributed by atoms with E-state index in [9.17, 15) is 13.2 Å². The van der Waals surface area contributed by atoms with Crippen molar-refractivity contribution < 1.29 is 27.4 Å². The van der Waals surface area contributed by atoms with Gasteiger partial charge in [-0.3, -0.25) is 0 Å². The minimum atomic E-state index is -3.27. The number of carbonyl (C=O) groups is 1. The van der Waals surface area contributed by atoms with Crippen LogP contribution in [-0.2, 0) is 14.6 Å². The standard InChI is InChI=1S/C20H22O6S/c1-24-20(21)14-11-17(25-15-5-3-4-6-15)13-18(12-14)26-16-7-9-19(10-8-16)27(2,22)23/h7-13,15H,3-6H2,1-2H3. The number of esters is 1. The van der Waals surface area contributed by atoms with E-state index in [1.165, 1.54) is 19.2 Å². The molecule has 3 rings (SSSR count). The molecule has 144 valence electrons. The minimum Gasteiger partial charge on any atom is -0.490 e. The van der Waals surface area contributed by atoms with Crippen molar-refractivity contribution in [2.75, 3.05) is 13.4 Å². The molecule has 1 aliphatic carbocycles. The number of hydrogen-bond donors (Lipinski definition) is 0. The molecule has 2 aromatic carbocycles. The van der Waals surface area contributed by atoms with E-state index in [2.05, 4.69) is 0 Å². The summed E-state index contributed by atoms with van der Waals surface area (Å²) in [5.74, 6) is 0.936. The lowest BCUT2D eigenvalue weighted by molar-refractivity contribution is 0.0599. The summed E-state index contributed by atoms with van der Waals surface area (Å²) < 4.78 is 39.7. The largest absolute Gasteiger partial charge is 0.490 e. The second-order valence-corrected chi connectivity index (χ2v) is 8.57. The van der Waals surface area contributed by atoms with Crippen LogP contribution in [0.25, 0.3) is 0 Å². The molecule has 1 fully saturated rings. The fraction of sp³-hybridized carbons (Fsp3) is 0.350. The zero-order valence-electron chi connectivity index (χ0n) is 15.3. The Bertz CT molecular complexity index is 912. The van der Waals surface area contributed by atoms with Gasteiger partial charge in [-0.25, -0.2) is 13.2 Å². The molecule has 0 unspecified atom stereocenters. The Balaban J connectivity index is 1.85. The van der Waals surface area contributed by atoms with Crippen LogP contribution >= 0.6 is 0 Å². The molecule has 0 bridgehead atoms. The molecule has 0 aliphatic heterocycles. The molecule has 1 saturated carbocycles. The SMILES string of the molecule is COC(=O)c1cc(Oc2ccc(S(C)(=O)=O)cc2)cc(OC2CCCC2)c1. The number of benzene rings is 2. The van der Waals surface area contributed by atoms with Crippen LogP contribution in [0.1, 0.15) is 36.0 Å². The van der Waals surface area contributed by atoms with Gasteiger partial charge in [-0.05, 0) is 62.1 Å². The number of ether oxygens (including phenoxy) is 3. The second-order valence-electron chi connectivity index (χ2n) is 6.55. The average Bonchev–Trinajstić information content (AvgIpc) is 3.13. The molecule has 0 saturated heterocycles. The maximum atomic E-state index is 12.0. The molecule has 1 aliphatic rings. The molecule has 27 heavy (non-hydrogen) atoms. The van der Waals surface area contributed by atoms with Crippen molar-refractivity contribution in [3.63, 3.8) is 0 Å². The van der Waals surface area contributed by atoms with Gasteiger partial charge in [-0.15, -0.1) is 0 Å². The molecule has 0 N–H and O–H groups in total. The van der Waals surface area contributed by atoms with Crippen molar-refractivity contribution in [3.8, 4) is 17.2 Å². The van der Waals surface area contributed by atoms with E-state index in [1.54, 1.807) is 30.3 Å². The van der Waals surface area contributed by atoms with Gasteiger partial charge in [0.1, 0.15) is 17.2 Å². The first-order valence-corrected chi connectivity index (χ1v) is 10.6. The van der Waals surface area contributed by atoms with Crippen LogP contribution in [0.3, 0.4) is 0 Å². The zero-order valence-corrected chi connectivity index (χ0v) is 16.1. The summed E-state index contributed by atoms with van der Waals surface area (Å²) in [6.07, 6.45) is 5.54. The van der Waals surface area contributed by atoms with Gasteiger partial charge in [-0.1, -0.05) is 0 Å². The van der Waals surface area contributed by atoms with Gasteiger partial charge in [0, 0.05) is 12.3 Å². The van der Waals surface area contributed by atoms with Crippen molar-refractivity contribution in [1.29, 1.82) is 0 Å². The smallest absolute Gasteiger partial charge is 0.338 e. The lowest BCUT2D eigenvalue weighted by Crippen LogP contribution is -2.11. The molecule has 0 spiro atoms. The van der Waals surface area contributed by atoms with Gasteiger partial charge >= 0.3 is 5.97 Å². The number of rotatable bonds is 6. The zero-order chi connectivity index (χ0) is 19.4. The van der Waals surface area contributed by atoms with E-state index in [-0.39, 0.29) is 11.0 Å². The molecule has 0 heterocycles. The van der Waals surface area contributed by atoms with Crippen LogP contribution in [0.5, 0.6) is 17.2 Å². The first-order valence-electron chi connectivity index (χ1n) is 8.73. The van der Waals surface area contributed by atoms with Crippen molar-refractivity contribution >= 4 is 15.8 Å². The molecule has 0 radical (unpaired) electrons. The third-order valence-corrected chi connectivity index (χ3v) is 5.52. The van der Waals surface area contributed by atoms with Gasteiger partial charge < -0.3 is 14.2 Å². The molecular weight excluding hydrogens is 368 g/mol. The Morgan fingerprint density at radius 1 is 0.963 bits per heavy atom. The summed E-state index contributed by atoms with van der Waals surface area (Å²) in [7, 11) is -1.95. The van der Waals surface area contributed by atoms with Gasteiger partial charge in [0.15, 0.2) is 9.84 Å². The first-order chi connectivity index (χ1) is 12.8. The lowest BCUT2D eigenvalue weighted by Gasteiger charge is -2.15. The molecule has 2 aromatic rings. The van der Waals surface area contributed by atoms with Crippen LogP contribution < -0.4 is 9.47 Å². The van der Waals surface area contributed by atoms with E-state index in [4.69, 9.17) is 14.2 Å². The van der Waals surface area contributed by atoms with Crippen molar-refractivity contribution in [1.82, 2.24) is 0 Å². The highest BCUT2D eigenvalue weighted by molar-refractivity contribution is 7.90. The summed E-state index contributed by atoms with van der Waals surface area (Å²) in [4.78, 5) is 12.2. The minimum absolute atomic E-state index is 0.139. The average molecular weight is 390 g/mol. The monoisotopic (exact) mass is 390 g/mol. The molecule has 6 nitrogen and oxygen atoms in total. The van der Waals surface area contributed by atoms with Gasteiger partial charge in [0.25, 0.3) is 0 Å². The summed E-state index contributed by atoms with van der Waals surface area (Å²) in [6, 6.07) is 11.0. The van der Waals surface area contributed by atoms with Crippen LogP contribution in [0.2, 0.25) is 0 Å². The summed E-state index contributed by atoms with van der Waals surface area (Å²) in [5.41, 5.74) is 0.329. The first kappa shape index (κ1) is 19.2. The highest BCUT2D eigenvalue weighted by atomic mass is 32.2. The highest BCUT2D eigenvalue weighted by Gasteiger charge is 2.18. The number of hydrogen-bond acceptors (Lipinski definition) is 6. The molecule has 7 heteroatoms. The Hall–Kier alpha value is -2.54. The van der Waals surface area contributed by atoms with Gasteiger partial charge in [-0.2, -0.15) is 0 Å². The van der Waals surface area contributed by atoms with E-state index in [0.29, 0.717) is 22.8 Å². The van der Waals surface area contributed by atoms with Crippen LogP contribution in [-0.4, -0.2) is 33.9 Å². The Morgan fingerprint density at radius 3 is 2.19 bits per heavy atom. The Morgan fingerprint density at radius 2 is 1.59 bits per heavy atom. The van der Waals surface area contributed by atoms with Crippen LogP contribution in [0.4, 0.5) is 0 Å². The Labute approximate surface area is 159 Å². The third-order valence-electron chi connectivity index (χ3n) is 4.39.